The lowest BCUT2D eigenvalue weighted by atomic mass is 10.0. The van der Waals surface area contributed by atoms with E-state index in [1.54, 1.807) is 30.3 Å². The number of carbonyl (C=O) groups excluding carboxylic acids is 2. The number of halogens is 1. The third-order valence-corrected chi connectivity index (χ3v) is 6.71. The molecular weight excluding hydrogens is 482 g/mol. The van der Waals surface area contributed by atoms with Gasteiger partial charge in [-0.2, -0.15) is 0 Å². The molecule has 0 saturated heterocycles. The van der Waals surface area contributed by atoms with Crippen LogP contribution >= 0.6 is 23.4 Å². The van der Waals surface area contributed by atoms with E-state index in [1.165, 1.54) is 11.8 Å². The number of para-hydroxylation sites is 1. The van der Waals surface area contributed by atoms with E-state index in [0.29, 0.717) is 28.1 Å². The summed E-state index contributed by atoms with van der Waals surface area (Å²) < 4.78 is 1.88. The highest BCUT2D eigenvalue weighted by Gasteiger charge is 2.27. The second kappa shape index (κ2) is 12.6. The molecule has 0 radical (unpaired) electrons. The number of hydrogen-bond acceptors (Lipinski definition) is 5. The molecule has 0 bridgehead atoms. The third-order valence-electron chi connectivity index (χ3n) is 5.41. The lowest BCUT2D eigenvalue weighted by Gasteiger charge is -2.23. The molecule has 1 heterocycles. The van der Waals surface area contributed by atoms with Crippen LogP contribution in [-0.2, 0) is 17.8 Å². The van der Waals surface area contributed by atoms with E-state index >= 15 is 0 Å². The van der Waals surface area contributed by atoms with Gasteiger partial charge in [-0.3, -0.25) is 9.59 Å². The summed E-state index contributed by atoms with van der Waals surface area (Å²) in [6, 6.07) is 14.2. The molecule has 1 atom stereocenters. The van der Waals surface area contributed by atoms with Crippen molar-refractivity contribution in [1.29, 1.82) is 0 Å². The molecule has 0 spiro atoms. The van der Waals surface area contributed by atoms with Gasteiger partial charge in [0, 0.05) is 12.2 Å². The number of thioether (sulfide) groups is 1. The molecule has 2 amide bonds. The number of nitrogens with one attached hydrogen (secondary N) is 2. The Labute approximate surface area is 215 Å². The monoisotopic (exact) mass is 511 g/mol. The number of allylic oxidation sites excluding steroid dienone is 1. The van der Waals surface area contributed by atoms with E-state index in [4.69, 9.17) is 11.6 Å². The minimum Gasteiger partial charge on any atom is -0.342 e. The van der Waals surface area contributed by atoms with Crippen molar-refractivity contribution in [2.45, 2.75) is 44.9 Å². The van der Waals surface area contributed by atoms with Crippen LogP contribution in [0.5, 0.6) is 0 Å². The third kappa shape index (κ3) is 6.74. The molecule has 0 unspecified atom stereocenters. The largest absolute Gasteiger partial charge is 0.342 e. The van der Waals surface area contributed by atoms with E-state index < -0.39 is 6.04 Å². The van der Waals surface area contributed by atoms with Crippen LogP contribution in [-0.4, -0.2) is 32.3 Å². The van der Waals surface area contributed by atoms with Gasteiger partial charge in [-0.1, -0.05) is 80.5 Å². The average Bonchev–Trinajstić information content (AvgIpc) is 3.23. The topological polar surface area (TPSA) is 88.9 Å². The van der Waals surface area contributed by atoms with Gasteiger partial charge in [0.05, 0.1) is 22.4 Å². The van der Waals surface area contributed by atoms with Crippen LogP contribution in [0.3, 0.4) is 0 Å². The molecule has 0 aliphatic rings. The first-order valence-electron chi connectivity index (χ1n) is 11.5. The fourth-order valence-corrected chi connectivity index (χ4v) is 4.57. The molecule has 1 aromatic heterocycles. The Bertz CT molecular complexity index is 1190. The first kappa shape index (κ1) is 26.5. The zero-order valence-electron chi connectivity index (χ0n) is 20.1. The van der Waals surface area contributed by atoms with Gasteiger partial charge < -0.3 is 15.2 Å². The van der Waals surface area contributed by atoms with Crippen LogP contribution in [0.25, 0.3) is 0 Å². The minimum absolute atomic E-state index is 0.0286. The molecule has 35 heavy (non-hydrogen) atoms. The smallest absolute Gasteiger partial charge is 0.253 e. The van der Waals surface area contributed by atoms with E-state index in [1.807, 2.05) is 42.7 Å². The molecule has 0 aliphatic carbocycles. The molecule has 2 aromatic carbocycles. The summed E-state index contributed by atoms with van der Waals surface area (Å²) in [6.45, 7) is 10.3. The Morgan fingerprint density at radius 3 is 2.54 bits per heavy atom. The molecule has 0 aliphatic heterocycles. The Morgan fingerprint density at radius 1 is 1.14 bits per heavy atom. The molecule has 7 nitrogen and oxygen atoms in total. The molecule has 9 heteroatoms. The number of nitrogens with zero attached hydrogens (tertiary/aromatic N) is 3. The summed E-state index contributed by atoms with van der Waals surface area (Å²) in [5.74, 6) is 0.384. The summed E-state index contributed by atoms with van der Waals surface area (Å²) in [7, 11) is 0. The van der Waals surface area contributed by atoms with Crippen LogP contribution in [0.15, 0.2) is 66.3 Å². The number of carbonyl (C=O) groups is 2. The number of benzene rings is 2. The molecular formula is C26H30ClN5O2S. The summed E-state index contributed by atoms with van der Waals surface area (Å²) >= 11 is 7.50. The molecule has 184 valence electrons. The van der Waals surface area contributed by atoms with Gasteiger partial charge in [0.15, 0.2) is 11.0 Å². The van der Waals surface area contributed by atoms with E-state index in [0.717, 1.165) is 17.7 Å². The van der Waals surface area contributed by atoms with E-state index in [9.17, 15) is 9.59 Å². The van der Waals surface area contributed by atoms with Crippen molar-refractivity contribution in [3.63, 3.8) is 0 Å². The minimum atomic E-state index is -0.411. The number of aryl methyl sites for hydroxylation is 1. The molecule has 0 fully saturated rings. The lowest BCUT2D eigenvalue weighted by Crippen LogP contribution is -2.34. The summed E-state index contributed by atoms with van der Waals surface area (Å²) in [6.07, 6.45) is 2.57. The molecule has 3 aromatic rings. The van der Waals surface area contributed by atoms with Crippen LogP contribution in [0.4, 0.5) is 5.69 Å². The predicted molar refractivity (Wildman–Crippen MR) is 142 cm³/mol. The maximum atomic E-state index is 12.9. The van der Waals surface area contributed by atoms with Crippen molar-refractivity contribution in [1.82, 2.24) is 20.1 Å². The highest BCUT2D eigenvalue weighted by Crippen LogP contribution is 2.27. The first-order valence-corrected chi connectivity index (χ1v) is 12.8. The van der Waals surface area contributed by atoms with E-state index in [2.05, 4.69) is 34.3 Å². The van der Waals surface area contributed by atoms with Crippen LogP contribution < -0.4 is 10.6 Å². The maximum Gasteiger partial charge on any atom is 0.253 e. The van der Waals surface area contributed by atoms with Gasteiger partial charge in [0.1, 0.15) is 0 Å². The van der Waals surface area contributed by atoms with Crippen LogP contribution in [0.2, 0.25) is 5.02 Å². The van der Waals surface area contributed by atoms with Crippen molar-refractivity contribution in [3.8, 4) is 0 Å². The van der Waals surface area contributed by atoms with Crippen LogP contribution in [0, 0.1) is 5.92 Å². The van der Waals surface area contributed by atoms with Crippen molar-refractivity contribution in [2.75, 3.05) is 11.1 Å². The Morgan fingerprint density at radius 2 is 1.86 bits per heavy atom. The van der Waals surface area contributed by atoms with Crippen molar-refractivity contribution < 1.29 is 9.59 Å². The average molecular weight is 512 g/mol. The second-order valence-electron chi connectivity index (χ2n) is 8.26. The zero-order chi connectivity index (χ0) is 25.4. The van der Waals surface area contributed by atoms with Crippen molar-refractivity contribution >= 4 is 40.9 Å². The zero-order valence-corrected chi connectivity index (χ0v) is 21.7. The lowest BCUT2D eigenvalue weighted by molar-refractivity contribution is -0.113. The van der Waals surface area contributed by atoms with Gasteiger partial charge in [-0.15, -0.1) is 16.8 Å². The Kier molecular flexibility index (Phi) is 9.51. The predicted octanol–water partition coefficient (Wildman–Crippen LogP) is 5.54. The summed E-state index contributed by atoms with van der Waals surface area (Å²) in [4.78, 5) is 25.6. The van der Waals surface area contributed by atoms with Gasteiger partial charge in [0.25, 0.3) is 5.91 Å². The number of aromatic nitrogens is 3. The summed E-state index contributed by atoms with van der Waals surface area (Å²) in [5.41, 5.74) is 2.29. The van der Waals surface area contributed by atoms with Crippen molar-refractivity contribution in [3.05, 3.63) is 83.2 Å². The number of amides is 2. The van der Waals surface area contributed by atoms with Gasteiger partial charge >= 0.3 is 0 Å². The quantitative estimate of drug-likeness (QED) is 0.261. The first-order chi connectivity index (χ1) is 16.8. The van der Waals surface area contributed by atoms with Gasteiger partial charge in [-0.05, 0) is 36.1 Å². The second-order valence-corrected chi connectivity index (χ2v) is 9.61. The van der Waals surface area contributed by atoms with Crippen LogP contribution in [0.1, 0.15) is 48.6 Å². The summed E-state index contributed by atoms with van der Waals surface area (Å²) in [5, 5.41) is 15.7. The standard InChI is InChI=1S/C26H30ClN5O2S/c1-5-15-32-24(23(17(3)4)29-25(34)19-12-8-9-13-20(19)27)30-31-26(32)35-16-22(33)28-21-14-10-7-11-18(21)6-2/h5,7-14,17,23H,1,6,15-16H2,2-4H3,(H,28,33)(H,29,34)/t23-/m0/s1. The fraction of sp³-hybridized carbons (Fsp3) is 0.308. The van der Waals surface area contributed by atoms with Gasteiger partial charge in [-0.25, -0.2) is 0 Å². The number of rotatable bonds is 11. The SMILES string of the molecule is C=CCn1c(SCC(=O)Nc2ccccc2CC)nnc1[C@@H](NC(=O)c1ccccc1Cl)C(C)C. The molecule has 2 N–H and O–H groups in total. The Balaban J connectivity index is 1.77. The normalized spacial score (nSPS) is 11.8. The Hall–Kier alpha value is -3.10. The van der Waals surface area contributed by atoms with Gasteiger partial charge in [0.2, 0.25) is 5.91 Å². The maximum absolute atomic E-state index is 12.9. The highest BCUT2D eigenvalue weighted by atomic mass is 35.5. The van der Waals surface area contributed by atoms with Crippen molar-refractivity contribution in [2.24, 2.45) is 5.92 Å². The number of hydrogen-bond donors (Lipinski definition) is 2. The fourth-order valence-electron chi connectivity index (χ4n) is 3.60. The van der Waals surface area contributed by atoms with E-state index in [-0.39, 0.29) is 23.5 Å². The highest BCUT2D eigenvalue weighted by molar-refractivity contribution is 7.99. The number of anilines is 1. The molecule has 3 rings (SSSR count). The molecule has 0 saturated carbocycles.